The molecule has 0 aliphatic carbocycles. The van der Waals surface area contributed by atoms with Crippen molar-refractivity contribution in [1.82, 2.24) is 29.5 Å². The van der Waals surface area contributed by atoms with E-state index in [0.29, 0.717) is 5.56 Å². The number of nitrogens with two attached hydrogens (primary N) is 1. The van der Waals surface area contributed by atoms with E-state index in [0.717, 1.165) is 58.3 Å². The summed E-state index contributed by atoms with van der Waals surface area (Å²) < 4.78 is 223. The Morgan fingerprint density at radius 2 is 0.870 bits per heavy atom. The number of carboxylic acid groups (broad SMARTS) is 1. The van der Waals surface area contributed by atoms with Crippen LogP contribution in [0.15, 0.2) is 140 Å². The van der Waals surface area contributed by atoms with E-state index in [1.807, 2.05) is 0 Å². The summed E-state index contributed by atoms with van der Waals surface area (Å²) in [7, 11) is -4.97. The first-order valence-electron chi connectivity index (χ1n) is 26.3. The van der Waals surface area contributed by atoms with Crippen molar-refractivity contribution in [3.8, 4) is 113 Å². The Morgan fingerprint density at radius 1 is 0.500 bits per heavy atom. The number of carbonyl (C=O) groups is 2. The maximum Gasteiger partial charge on any atom is 0.586 e. The fourth-order valence-electron chi connectivity index (χ4n) is 9.94. The third kappa shape index (κ3) is 12.1. The number of carbonyl (C=O) groups excluding carboxylic acids is 1. The molecule has 10 aromatic rings. The Kier molecular flexibility index (Phi) is 15.2. The summed E-state index contributed by atoms with van der Waals surface area (Å²) in [4.78, 5) is 31.0. The zero-order valence-electron chi connectivity index (χ0n) is 47.7. The number of fused-ring (bicyclic) bond motifs is 2. The van der Waals surface area contributed by atoms with Gasteiger partial charge in [-0.25, -0.2) is 40.4 Å². The lowest BCUT2D eigenvalue weighted by Crippen LogP contribution is -2.33. The summed E-state index contributed by atoms with van der Waals surface area (Å²) >= 11 is 0. The molecule has 2 aliphatic heterocycles. The molecule has 0 atom stereocenters. The number of oxazole rings is 2. The van der Waals surface area contributed by atoms with E-state index >= 15 is 0 Å². The van der Waals surface area contributed by atoms with Gasteiger partial charge < -0.3 is 38.6 Å². The number of aryl methyl sites for hydroxylation is 4. The van der Waals surface area contributed by atoms with E-state index < -0.39 is 79.0 Å². The summed E-state index contributed by atoms with van der Waals surface area (Å²) in [5.74, 6) is -15.2. The molecule has 0 unspecified atom stereocenters. The van der Waals surface area contributed by atoms with Gasteiger partial charge in [0.15, 0.2) is 66.0 Å². The Morgan fingerprint density at radius 3 is 1.24 bits per heavy atom. The number of nitrogens with zero attached hydrogens (tertiary/aromatic N) is 6. The van der Waals surface area contributed by atoms with Gasteiger partial charge in [0.1, 0.15) is 34.4 Å². The van der Waals surface area contributed by atoms with Crippen molar-refractivity contribution in [2.75, 3.05) is 12.5 Å². The van der Waals surface area contributed by atoms with Crippen LogP contribution < -0.4 is 24.7 Å². The molecule has 0 saturated carbocycles. The number of carboxylic acids is 1. The minimum atomic E-state index is -4.33. The molecule has 3 N–H and O–H groups in total. The van der Waals surface area contributed by atoms with Gasteiger partial charge in [-0.15, -0.1) is 17.6 Å². The van der Waals surface area contributed by atoms with Crippen LogP contribution >= 0.6 is 0 Å². The Labute approximate surface area is 511 Å². The molecule has 6 aromatic carbocycles. The van der Waals surface area contributed by atoms with Crippen molar-refractivity contribution >= 4 is 31.6 Å². The smallest absolute Gasteiger partial charge is 0.476 e. The number of rotatable bonds is 14. The molecule has 1 amide bonds. The van der Waals surface area contributed by atoms with E-state index in [1.165, 1.54) is 113 Å². The zero-order valence-corrected chi connectivity index (χ0v) is 49.4. The van der Waals surface area contributed by atoms with Gasteiger partial charge in [0.05, 0.1) is 21.2 Å². The van der Waals surface area contributed by atoms with Crippen molar-refractivity contribution in [2.24, 2.45) is 19.8 Å². The number of aromatic nitrogens is 6. The zero-order chi connectivity index (χ0) is 66.7. The second-order valence-corrected chi connectivity index (χ2v) is 24.8. The molecule has 4 aromatic heterocycles. The molecule has 476 valence electrons. The molecule has 0 bridgehead atoms. The number of alkyl halides is 8. The van der Waals surface area contributed by atoms with Gasteiger partial charge in [-0.2, -0.15) is 27.8 Å². The lowest BCUT2D eigenvalue weighted by atomic mass is 9.94. The lowest BCUT2D eigenvalue weighted by Gasteiger charge is -2.13. The van der Waals surface area contributed by atoms with Crippen LogP contribution in [0, 0.1) is 25.5 Å². The molecule has 92 heavy (non-hydrogen) atoms. The third-order valence-electron chi connectivity index (χ3n) is 14.1. The van der Waals surface area contributed by atoms with Crippen molar-refractivity contribution in [1.29, 1.82) is 0 Å². The topological polar surface area (TPSA) is 273 Å². The van der Waals surface area contributed by atoms with Crippen LogP contribution in [0.3, 0.4) is 0 Å². The number of halogens is 10. The predicted molar refractivity (Wildman–Crippen MR) is 303 cm³/mol. The van der Waals surface area contributed by atoms with Crippen LogP contribution in [-0.2, 0) is 55.2 Å². The molecular weight excluding hydrogens is 1280 g/mol. The van der Waals surface area contributed by atoms with E-state index in [4.69, 9.17) is 19.7 Å². The van der Waals surface area contributed by atoms with Crippen LogP contribution in [0.25, 0.3) is 89.9 Å². The van der Waals surface area contributed by atoms with Crippen molar-refractivity contribution in [2.45, 2.75) is 48.1 Å². The number of amides is 1. The summed E-state index contributed by atoms with van der Waals surface area (Å²) in [5, 5.41) is 16.6. The van der Waals surface area contributed by atoms with Crippen LogP contribution in [0.4, 0.5) is 43.9 Å². The second kappa shape index (κ2) is 22.2. The first-order chi connectivity index (χ1) is 42.8. The highest BCUT2D eigenvalue weighted by molar-refractivity contribution is 7.91. The van der Waals surface area contributed by atoms with E-state index in [1.54, 1.807) is 0 Å². The Bertz CT molecular complexity index is 4660. The van der Waals surface area contributed by atoms with Crippen LogP contribution in [0.1, 0.15) is 23.2 Å². The number of hydrogen-bond acceptors (Lipinski definition) is 16. The SMILES string of the molecule is Cc1nc(-c2ccc3c(c2)OC(F)(F)O3)c(-c2cc(-c3cc(F)cc(S(C)(=O)=O)c3)ccc2-c2cc(C(F)(F)C(=O)O)nn2C)o1.Cc1nc(-c2ccc3c(c2)OC(F)(F)O3)c(-c2cc(-c3cc(F)cc(S(C)(=O)=O)c3)ccc2-c2cc(C(F)(F)C(N)=O)nn2C)o1. The minimum absolute atomic E-state index is 0.00691. The highest BCUT2D eigenvalue weighted by Gasteiger charge is 2.47. The van der Waals surface area contributed by atoms with Gasteiger partial charge in [-0.3, -0.25) is 14.2 Å². The number of aliphatic carboxylic acids is 1. The molecule has 20 nitrogen and oxygen atoms in total. The molecular formula is C60H41F10N7O13S2. The minimum Gasteiger partial charge on any atom is -0.476 e. The molecule has 2 aliphatic rings. The fraction of sp³-hybridized carbons (Fsp3) is 0.167. The fourth-order valence-corrected chi connectivity index (χ4v) is 11.3. The van der Waals surface area contributed by atoms with Crippen LogP contribution in [0.5, 0.6) is 23.0 Å². The van der Waals surface area contributed by atoms with E-state index in [-0.39, 0.29) is 129 Å². The quantitative estimate of drug-likeness (QED) is 0.0957. The molecule has 6 heterocycles. The van der Waals surface area contributed by atoms with Crippen molar-refractivity contribution in [3.05, 3.63) is 156 Å². The predicted octanol–water partition coefficient (Wildman–Crippen LogP) is 12.3. The highest BCUT2D eigenvalue weighted by Crippen LogP contribution is 2.49. The van der Waals surface area contributed by atoms with Gasteiger partial charge in [-0.05, 0) is 119 Å². The molecule has 12 rings (SSSR count). The van der Waals surface area contributed by atoms with Crippen molar-refractivity contribution < 1.29 is 103 Å². The van der Waals surface area contributed by atoms with Crippen LogP contribution in [0.2, 0.25) is 0 Å². The number of hydrogen-bond donors (Lipinski definition) is 2. The summed E-state index contributed by atoms with van der Waals surface area (Å²) in [6.45, 7) is 3.01. The van der Waals surface area contributed by atoms with Gasteiger partial charge in [0.25, 0.3) is 5.91 Å². The number of ether oxygens (including phenoxy) is 4. The Balaban J connectivity index is 0.000000188. The molecule has 32 heteroatoms. The Hall–Kier alpha value is -10.5. The van der Waals surface area contributed by atoms with E-state index in [9.17, 15) is 70.3 Å². The molecule has 0 saturated heterocycles. The summed E-state index contributed by atoms with van der Waals surface area (Å²) in [6.07, 6.45) is -5.94. The normalized spacial score (nSPS) is 14.1. The molecule has 0 spiro atoms. The average Bonchev–Trinajstić information content (AvgIpc) is 1.53. The maximum atomic E-state index is 14.6. The van der Waals surface area contributed by atoms with E-state index in [2.05, 4.69) is 39.1 Å². The van der Waals surface area contributed by atoms with Crippen molar-refractivity contribution in [3.63, 3.8) is 0 Å². The monoisotopic (exact) mass is 1320 g/mol. The first-order valence-corrected chi connectivity index (χ1v) is 30.1. The largest absolute Gasteiger partial charge is 0.586 e. The second-order valence-electron chi connectivity index (χ2n) is 20.8. The average molecular weight is 1320 g/mol. The van der Waals surface area contributed by atoms with Gasteiger partial charge in [0.2, 0.25) is 0 Å². The lowest BCUT2D eigenvalue weighted by molar-refractivity contribution is -0.287. The summed E-state index contributed by atoms with van der Waals surface area (Å²) in [6, 6.07) is 24.9. The first kappa shape index (κ1) is 63.1. The number of sulfone groups is 2. The standard InChI is InChI=1S/C30H21F5N4O6S.C30H20F5N3O7S/c1-14-37-26(16-5-7-23-24(11-16)45-30(34,35)44-23)27(43-14)21-10-15(17-8-18(31)12-19(9-17)46(3,41)42)4-6-20(21)22-13-25(38-39(22)2)29(32,33)28(36)40;1-14-36-26(16-5-7-23-24(11-16)45-30(34,35)44-23)27(43-14)21-10-15(17-8-18(31)12-19(9-17)46(3,41)42)4-6-20(21)22-13-25(37-38(22)2)29(32,33)28(39)40/h4-13H,1-3H3,(H2,36,40);4-13H,1-3H3,(H,39,40). The summed E-state index contributed by atoms with van der Waals surface area (Å²) in [5.41, 5.74) is 5.28. The van der Waals surface area contributed by atoms with Gasteiger partial charge in [-0.1, -0.05) is 24.3 Å². The third-order valence-corrected chi connectivity index (χ3v) is 16.3. The van der Waals surface area contributed by atoms with Gasteiger partial charge in [0, 0.05) is 73.8 Å². The van der Waals surface area contributed by atoms with Crippen LogP contribution in [-0.4, -0.2) is 88.4 Å². The maximum absolute atomic E-state index is 14.6. The highest BCUT2D eigenvalue weighted by atomic mass is 32.2. The molecule has 0 radical (unpaired) electrons. The number of benzene rings is 6. The van der Waals surface area contributed by atoms with Gasteiger partial charge >= 0.3 is 30.4 Å². The number of primary amides is 1. The molecule has 0 fully saturated rings.